The van der Waals surface area contributed by atoms with E-state index in [1.54, 1.807) is 36.4 Å². The van der Waals surface area contributed by atoms with Gasteiger partial charge in [0.25, 0.3) is 5.78 Å². The Balaban J connectivity index is 1.54. The average molecular weight is 631 g/mol. The van der Waals surface area contributed by atoms with E-state index in [1.165, 1.54) is 23.3 Å². The van der Waals surface area contributed by atoms with Crippen LogP contribution in [-0.2, 0) is 9.59 Å². The molecule has 226 valence electrons. The summed E-state index contributed by atoms with van der Waals surface area (Å²) in [6, 6.07) is 13.3. The zero-order valence-corrected chi connectivity index (χ0v) is 26.5. The molecule has 1 aliphatic rings. The first-order valence-corrected chi connectivity index (χ1v) is 15.4. The first-order valence-electron chi connectivity index (χ1n) is 14.2. The van der Waals surface area contributed by atoms with Crippen molar-refractivity contribution in [1.29, 1.82) is 0 Å². The van der Waals surface area contributed by atoms with Crippen LogP contribution in [0.2, 0.25) is 5.02 Å². The highest BCUT2D eigenvalue weighted by Gasteiger charge is 2.49. The molecule has 1 saturated heterocycles. The van der Waals surface area contributed by atoms with Crippen molar-refractivity contribution in [3.05, 3.63) is 87.8 Å². The number of ketones is 1. The number of benzene rings is 2. The molecular weight excluding hydrogens is 600 g/mol. The molecule has 3 aromatic heterocycles. The largest absolute Gasteiger partial charge is 0.505 e. The fourth-order valence-electron chi connectivity index (χ4n) is 5.39. The number of nitrogens with zero attached hydrogens (tertiary/aromatic N) is 4. The Morgan fingerprint density at radius 3 is 2.61 bits per heavy atom. The maximum Gasteiger partial charge on any atom is 0.301 e. The topological polar surface area (TPSA) is 106 Å². The first-order chi connectivity index (χ1) is 21.1. The molecule has 1 unspecified atom stereocenters. The number of halogens is 1. The van der Waals surface area contributed by atoms with Crippen molar-refractivity contribution in [3.8, 4) is 11.5 Å². The van der Waals surface area contributed by atoms with Gasteiger partial charge < -0.3 is 19.0 Å². The quantitative estimate of drug-likeness (QED) is 0.109. The molecule has 44 heavy (non-hydrogen) atoms. The molecular formula is C33H31ClN4O5S. The Morgan fingerprint density at radius 1 is 1.09 bits per heavy atom. The number of anilines is 1. The lowest BCUT2D eigenvalue weighted by molar-refractivity contribution is -0.132. The highest BCUT2D eigenvalue weighted by molar-refractivity contribution is 7.22. The van der Waals surface area contributed by atoms with Crippen molar-refractivity contribution in [2.24, 2.45) is 5.92 Å². The van der Waals surface area contributed by atoms with Crippen LogP contribution in [0.25, 0.3) is 21.6 Å². The van der Waals surface area contributed by atoms with Gasteiger partial charge in [-0.15, -0.1) is 0 Å². The van der Waals surface area contributed by atoms with Gasteiger partial charge in [-0.25, -0.2) is 9.97 Å². The number of aromatic nitrogens is 3. The summed E-state index contributed by atoms with van der Waals surface area (Å²) in [6.07, 6.45) is 2.71. The Kier molecular flexibility index (Phi) is 7.81. The molecule has 11 heteroatoms. The average Bonchev–Trinajstić information content (AvgIpc) is 3.64. The van der Waals surface area contributed by atoms with Crippen LogP contribution in [0.15, 0.2) is 60.3 Å². The molecule has 1 atom stereocenters. The number of thiazole rings is 1. The van der Waals surface area contributed by atoms with E-state index in [-0.39, 0.29) is 17.0 Å². The van der Waals surface area contributed by atoms with Crippen LogP contribution < -0.4 is 14.4 Å². The molecule has 1 fully saturated rings. The van der Waals surface area contributed by atoms with Crippen LogP contribution >= 0.6 is 22.9 Å². The smallest absolute Gasteiger partial charge is 0.301 e. The van der Waals surface area contributed by atoms with Gasteiger partial charge in [-0.1, -0.05) is 48.9 Å². The second-order valence-electron chi connectivity index (χ2n) is 11.1. The molecule has 1 aliphatic heterocycles. The van der Waals surface area contributed by atoms with E-state index >= 15 is 0 Å². The molecule has 9 nitrogen and oxygen atoms in total. The number of fused-ring (bicyclic) bond motifs is 2. The number of imidazole rings is 1. The first kappa shape index (κ1) is 29.7. The number of amides is 1. The van der Waals surface area contributed by atoms with Crippen LogP contribution in [0.4, 0.5) is 5.13 Å². The molecule has 6 rings (SSSR count). The molecule has 0 saturated carbocycles. The minimum Gasteiger partial charge on any atom is -0.505 e. The van der Waals surface area contributed by atoms with Gasteiger partial charge >= 0.3 is 5.91 Å². The summed E-state index contributed by atoms with van der Waals surface area (Å²) in [7, 11) is 1.53. The predicted octanol–water partition coefficient (Wildman–Crippen LogP) is 7.27. The molecule has 2 aromatic carbocycles. The number of aryl methyl sites for hydroxylation is 2. The second kappa shape index (κ2) is 11.6. The third-order valence-electron chi connectivity index (χ3n) is 7.75. The molecule has 0 aliphatic carbocycles. The van der Waals surface area contributed by atoms with Crippen molar-refractivity contribution in [2.45, 2.75) is 40.2 Å². The highest BCUT2D eigenvalue weighted by atomic mass is 35.5. The number of rotatable bonds is 8. The molecule has 0 bridgehead atoms. The zero-order valence-electron chi connectivity index (χ0n) is 24.9. The molecule has 1 N–H and O–H groups in total. The maximum atomic E-state index is 13.8. The lowest BCUT2D eigenvalue weighted by Crippen LogP contribution is -2.29. The van der Waals surface area contributed by atoms with Gasteiger partial charge in [-0.3, -0.25) is 14.5 Å². The van der Waals surface area contributed by atoms with Crippen LogP contribution in [0, 0.1) is 19.8 Å². The SMILES string of the molecule is COc1cc(C2C(=C(O)c3nc4c(C)cccn4c3C)C(=O)C(=O)N2c2nc3ccc(Cl)cc3s2)ccc1OCCC(C)C. The van der Waals surface area contributed by atoms with Crippen molar-refractivity contribution in [1.82, 2.24) is 14.4 Å². The number of Topliss-reactive ketones (excluding diaryl/α,β-unsaturated/α-hetero) is 1. The number of carbonyl (C=O) groups excluding carboxylic acids is 2. The Morgan fingerprint density at radius 2 is 1.89 bits per heavy atom. The van der Waals surface area contributed by atoms with E-state index in [4.69, 9.17) is 21.1 Å². The zero-order chi connectivity index (χ0) is 31.3. The molecule has 1 amide bonds. The third kappa shape index (κ3) is 5.07. The Labute approximate surface area is 263 Å². The van der Waals surface area contributed by atoms with Crippen molar-refractivity contribution >= 4 is 61.4 Å². The van der Waals surface area contributed by atoms with Gasteiger partial charge in [0.2, 0.25) is 0 Å². The lowest BCUT2D eigenvalue weighted by atomic mass is 9.96. The van der Waals surface area contributed by atoms with E-state index < -0.39 is 17.7 Å². The van der Waals surface area contributed by atoms with Crippen LogP contribution in [0.3, 0.4) is 0 Å². The van der Waals surface area contributed by atoms with Crippen molar-refractivity contribution in [2.75, 3.05) is 18.6 Å². The molecule has 4 heterocycles. The van der Waals surface area contributed by atoms with Gasteiger partial charge in [0.05, 0.1) is 41.2 Å². The van der Waals surface area contributed by atoms with Gasteiger partial charge in [-0.05, 0) is 73.7 Å². The number of pyridine rings is 1. The number of ether oxygens (including phenoxy) is 2. The van der Waals surface area contributed by atoms with Crippen LogP contribution in [0.5, 0.6) is 11.5 Å². The predicted molar refractivity (Wildman–Crippen MR) is 172 cm³/mol. The second-order valence-corrected chi connectivity index (χ2v) is 12.6. The van der Waals surface area contributed by atoms with E-state index in [2.05, 4.69) is 23.8 Å². The van der Waals surface area contributed by atoms with Crippen LogP contribution in [-0.4, -0.2) is 44.9 Å². The Hall–Kier alpha value is -4.41. The normalized spacial score (nSPS) is 16.5. The number of hydrogen-bond acceptors (Lipinski definition) is 8. The summed E-state index contributed by atoms with van der Waals surface area (Å²) in [5.74, 6) is -0.570. The van der Waals surface area contributed by atoms with Crippen molar-refractivity contribution < 1.29 is 24.2 Å². The maximum absolute atomic E-state index is 13.8. The minimum absolute atomic E-state index is 0.0908. The summed E-state index contributed by atoms with van der Waals surface area (Å²) in [5.41, 5.74) is 3.47. The van der Waals surface area contributed by atoms with Gasteiger partial charge in [-0.2, -0.15) is 0 Å². The summed E-state index contributed by atoms with van der Waals surface area (Å²) in [5, 5.41) is 12.6. The summed E-state index contributed by atoms with van der Waals surface area (Å²) in [6.45, 7) is 8.47. The van der Waals surface area contributed by atoms with Crippen molar-refractivity contribution in [3.63, 3.8) is 0 Å². The molecule has 0 radical (unpaired) electrons. The Bertz CT molecular complexity index is 1980. The van der Waals surface area contributed by atoms with Gasteiger partial charge in [0.1, 0.15) is 11.3 Å². The number of methoxy groups -OCH3 is 1. The van der Waals surface area contributed by atoms with E-state index in [0.29, 0.717) is 56.6 Å². The summed E-state index contributed by atoms with van der Waals surface area (Å²) < 4.78 is 14.3. The monoisotopic (exact) mass is 630 g/mol. The number of aliphatic hydroxyl groups is 1. The fourth-order valence-corrected chi connectivity index (χ4v) is 6.65. The number of hydrogen-bond donors (Lipinski definition) is 1. The number of aliphatic hydroxyl groups excluding tert-OH is 1. The molecule has 5 aromatic rings. The number of carbonyl (C=O) groups is 2. The van der Waals surface area contributed by atoms with E-state index in [1.807, 2.05) is 36.6 Å². The third-order valence-corrected chi connectivity index (χ3v) is 9.01. The van der Waals surface area contributed by atoms with Gasteiger partial charge in [0, 0.05) is 11.2 Å². The highest BCUT2D eigenvalue weighted by Crippen LogP contribution is 2.46. The lowest BCUT2D eigenvalue weighted by Gasteiger charge is -2.24. The van der Waals surface area contributed by atoms with Gasteiger partial charge in [0.15, 0.2) is 22.4 Å². The fraction of sp³-hybridized carbons (Fsp3) is 0.273. The summed E-state index contributed by atoms with van der Waals surface area (Å²) >= 11 is 7.46. The van der Waals surface area contributed by atoms with Crippen LogP contribution in [0.1, 0.15) is 48.8 Å². The summed E-state index contributed by atoms with van der Waals surface area (Å²) in [4.78, 5) is 38.3. The standard InChI is InChI=1S/C33H31ClN4O5S/c1-17(2)12-14-43-23-11-8-20(15-24(23)42-5)28-26(29(39)27-19(4)37-13-6-7-18(3)31(37)36-27)30(40)32(41)38(28)33-35-22-10-9-21(34)16-25(22)44-33/h6-11,13,15-17,28,39H,12,14H2,1-5H3. The minimum atomic E-state index is -1.02. The molecule has 0 spiro atoms. The van der Waals surface area contributed by atoms with E-state index in [0.717, 1.165) is 16.7 Å². The van der Waals surface area contributed by atoms with E-state index in [9.17, 15) is 14.7 Å².